The van der Waals surface area contributed by atoms with Gasteiger partial charge < -0.3 is 9.64 Å². The highest BCUT2D eigenvalue weighted by Crippen LogP contribution is 2.25. The minimum atomic E-state index is 0.343. The fourth-order valence-corrected chi connectivity index (χ4v) is 3.23. The quantitative estimate of drug-likeness (QED) is 0.681. The van der Waals surface area contributed by atoms with Gasteiger partial charge >= 0.3 is 0 Å². The van der Waals surface area contributed by atoms with Crippen molar-refractivity contribution in [3.05, 3.63) is 0 Å². The van der Waals surface area contributed by atoms with E-state index < -0.39 is 0 Å². The number of halogens is 1. The Morgan fingerprint density at radius 1 is 1.71 bits per heavy atom. The Balaban J connectivity index is 1.89. The molecule has 0 aromatic heterocycles. The van der Waals surface area contributed by atoms with Crippen LogP contribution in [0.3, 0.4) is 0 Å². The first-order chi connectivity index (χ1) is 6.79. The fraction of sp³-hybridized carbons (Fsp3) is 0.889. The molecule has 0 amide bonds. The Bertz CT molecular complexity index is 237. The third kappa shape index (κ3) is 2.44. The van der Waals surface area contributed by atoms with E-state index in [1.54, 1.807) is 0 Å². The zero-order valence-corrected chi connectivity index (χ0v) is 10.7. The van der Waals surface area contributed by atoms with Crippen molar-refractivity contribution in [1.29, 1.82) is 0 Å². The molecule has 0 radical (unpaired) electrons. The van der Waals surface area contributed by atoms with Crippen LogP contribution in [0.2, 0.25) is 0 Å². The summed E-state index contributed by atoms with van der Waals surface area (Å²) in [5, 5.41) is 2.87. The van der Waals surface area contributed by atoms with Gasteiger partial charge in [-0.15, -0.1) is 0 Å². The summed E-state index contributed by atoms with van der Waals surface area (Å²) in [6, 6.07) is 0. The van der Waals surface area contributed by atoms with E-state index in [9.17, 15) is 0 Å². The lowest BCUT2D eigenvalue weighted by molar-refractivity contribution is 0.00682. The summed E-state index contributed by atoms with van der Waals surface area (Å²) >= 11 is 5.39. The van der Waals surface area contributed by atoms with Crippen molar-refractivity contribution in [2.24, 2.45) is 4.99 Å². The van der Waals surface area contributed by atoms with Gasteiger partial charge in [0.15, 0.2) is 5.17 Å². The molecular weight excluding hydrogens is 264 g/mol. The summed E-state index contributed by atoms with van der Waals surface area (Å²) in [6.07, 6.45) is 0.343. The Morgan fingerprint density at radius 3 is 3.21 bits per heavy atom. The van der Waals surface area contributed by atoms with E-state index in [4.69, 9.17) is 4.74 Å². The van der Waals surface area contributed by atoms with Gasteiger partial charge in [-0.3, -0.25) is 4.99 Å². The third-order valence-corrected chi connectivity index (χ3v) is 4.84. The number of hydrogen-bond donors (Lipinski definition) is 0. The van der Waals surface area contributed by atoms with Crippen LogP contribution in [-0.2, 0) is 4.74 Å². The number of morpholine rings is 1. The zero-order valence-electron chi connectivity index (χ0n) is 8.28. The van der Waals surface area contributed by atoms with Crippen molar-refractivity contribution in [3.8, 4) is 0 Å². The maximum Gasteiger partial charge on any atom is 0.159 e. The molecule has 14 heavy (non-hydrogen) atoms. The predicted molar refractivity (Wildman–Crippen MR) is 64.5 cm³/mol. The summed E-state index contributed by atoms with van der Waals surface area (Å²) in [4.78, 5) is 6.91. The molecule has 2 heterocycles. The predicted octanol–water partition coefficient (Wildman–Crippen LogP) is 1.57. The topological polar surface area (TPSA) is 24.8 Å². The van der Waals surface area contributed by atoms with E-state index in [2.05, 4.69) is 32.7 Å². The molecule has 2 aliphatic rings. The SMILES string of the molecule is CC1CN(C2=NCC(CBr)S2)CCO1. The van der Waals surface area contributed by atoms with E-state index in [0.29, 0.717) is 11.4 Å². The normalized spacial score (nSPS) is 33.3. The standard InChI is InChI=1S/C9H15BrN2OS/c1-7-6-12(2-3-13-7)9-11-5-8(4-10)14-9/h7-8H,2-6H2,1H3. The molecule has 0 saturated carbocycles. The molecule has 3 nitrogen and oxygen atoms in total. The average Bonchev–Trinajstić information content (AvgIpc) is 2.66. The summed E-state index contributed by atoms with van der Waals surface area (Å²) in [5.74, 6) is 0. The van der Waals surface area contributed by atoms with Gasteiger partial charge in [-0.2, -0.15) is 0 Å². The number of thioether (sulfide) groups is 1. The maximum atomic E-state index is 5.51. The van der Waals surface area contributed by atoms with Crippen molar-refractivity contribution in [3.63, 3.8) is 0 Å². The molecule has 2 unspecified atom stereocenters. The number of hydrogen-bond acceptors (Lipinski definition) is 4. The highest BCUT2D eigenvalue weighted by atomic mass is 79.9. The number of rotatable bonds is 1. The molecule has 0 aliphatic carbocycles. The van der Waals surface area contributed by atoms with Crippen LogP contribution < -0.4 is 0 Å². The molecule has 0 aromatic carbocycles. The number of aliphatic imine (C=N–C) groups is 1. The Kier molecular flexibility index (Phi) is 3.73. The van der Waals surface area contributed by atoms with E-state index in [1.807, 2.05) is 11.8 Å². The lowest BCUT2D eigenvalue weighted by atomic mass is 10.3. The van der Waals surface area contributed by atoms with Crippen LogP contribution >= 0.6 is 27.7 Å². The summed E-state index contributed by atoms with van der Waals surface area (Å²) in [6.45, 7) is 5.89. The minimum Gasteiger partial charge on any atom is -0.375 e. The van der Waals surface area contributed by atoms with Crippen molar-refractivity contribution in [2.75, 3.05) is 31.6 Å². The zero-order chi connectivity index (χ0) is 9.97. The Hall–Kier alpha value is 0.260. The molecular formula is C9H15BrN2OS. The van der Waals surface area contributed by atoms with Gasteiger partial charge in [0.05, 0.1) is 19.3 Å². The van der Waals surface area contributed by atoms with Gasteiger partial charge in [0.25, 0.3) is 0 Å². The summed E-state index contributed by atoms with van der Waals surface area (Å²) < 4.78 is 5.51. The van der Waals surface area contributed by atoms with Gasteiger partial charge in [0, 0.05) is 23.7 Å². The fourth-order valence-electron chi connectivity index (χ4n) is 1.65. The van der Waals surface area contributed by atoms with Crippen molar-refractivity contribution < 1.29 is 4.74 Å². The lowest BCUT2D eigenvalue weighted by Crippen LogP contribution is -2.43. The monoisotopic (exact) mass is 278 g/mol. The molecule has 2 rings (SSSR count). The number of amidine groups is 1. The summed E-state index contributed by atoms with van der Waals surface area (Å²) in [7, 11) is 0. The highest BCUT2D eigenvalue weighted by molar-refractivity contribution is 9.09. The van der Waals surface area contributed by atoms with Crippen LogP contribution in [0, 0.1) is 0 Å². The van der Waals surface area contributed by atoms with Gasteiger partial charge in [0.1, 0.15) is 0 Å². The van der Waals surface area contributed by atoms with Crippen LogP contribution in [0.1, 0.15) is 6.92 Å². The van der Waals surface area contributed by atoms with Gasteiger partial charge in [-0.1, -0.05) is 27.7 Å². The number of alkyl halides is 1. The molecule has 0 aromatic rings. The van der Waals surface area contributed by atoms with Crippen molar-refractivity contribution in [1.82, 2.24) is 4.90 Å². The first-order valence-electron chi connectivity index (χ1n) is 4.93. The summed E-state index contributed by atoms with van der Waals surface area (Å²) in [5.41, 5.74) is 0. The minimum absolute atomic E-state index is 0.343. The molecule has 0 spiro atoms. The van der Waals surface area contributed by atoms with E-state index in [1.165, 1.54) is 5.17 Å². The second-order valence-corrected chi connectivity index (χ2v) is 5.56. The molecule has 1 saturated heterocycles. The number of ether oxygens (including phenoxy) is 1. The van der Waals surface area contributed by atoms with Gasteiger partial charge in [-0.25, -0.2) is 0 Å². The molecule has 1 fully saturated rings. The van der Waals surface area contributed by atoms with Crippen molar-refractivity contribution in [2.45, 2.75) is 18.3 Å². The van der Waals surface area contributed by atoms with Crippen LogP contribution in [-0.4, -0.2) is 53.0 Å². The van der Waals surface area contributed by atoms with E-state index >= 15 is 0 Å². The molecule has 2 atom stereocenters. The first-order valence-corrected chi connectivity index (χ1v) is 6.93. The first kappa shape index (κ1) is 10.8. The number of nitrogens with zero attached hydrogens (tertiary/aromatic N) is 2. The lowest BCUT2D eigenvalue weighted by Gasteiger charge is -2.32. The average molecular weight is 279 g/mol. The third-order valence-electron chi connectivity index (χ3n) is 2.39. The largest absolute Gasteiger partial charge is 0.375 e. The van der Waals surface area contributed by atoms with Crippen LogP contribution in [0.5, 0.6) is 0 Å². The van der Waals surface area contributed by atoms with Crippen molar-refractivity contribution >= 4 is 32.9 Å². The second kappa shape index (κ2) is 4.86. The maximum absolute atomic E-state index is 5.51. The van der Waals surface area contributed by atoms with Crippen LogP contribution in [0.15, 0.2) is 4.99 Å². The molecule has 5 heteroatoms. The van der Waals surface area contributed by atoms with Gasteiger partial charge in [-0.05, 0) is 6.92 Å². The molecule has 2 aliphatic heterocycles. The van der Waals surface area contributed by atoms with Crippen LogP contribution in [0.25, 0.3) is 0 Å². The van der Waals surface area contributed by atoms with Crippen LogP contribution in [0.4, 0.5) is 0 Å². The smallest absolute Gasteiger partial charge is 0.159 e. The molecule has 80 valence electrons. The highest BCUT2D eigenvalue weighted by Gasteiger charge is 2.26. The Morgan fingerprint density at radius 2 is 2.57 bits per heavy atom. The van der Waals surface area contributed by atoms with E-state index in [-0.39, 0.29) is 0 Å². The molecule has 0 N–H and O–H groups in total. The molecule has 0 bridgehead atoms. The van der Waals surface area contributed by atoms with Gasteiger partial charge in [0.2, 0.25) is 0 Å². The Labute approximate surface area is 97.4 Å². The van der Waals surface area contributed by atoms with E-state index in [0.717, 1.165) is 31.6 Å². The second-order valence-electron chi connectivity index (χ2n) is 3.64.